The molecule has 0 radical (unpaired) electrons. The van der Waals surface area contributed by atoms with E-state index in [4.69, 9.17) is 4.74 Å². The maximum atomic E-state index is 5.47. The highest BCUT2D eigenvalue weighted by atomic mass is 32.1. The van der Waals surface area contributed by atoms with Gasteiger partial charge < -0.3 is 10.1 Å². The molecule has 1 atom stereocenters. The molecule has 0 saturated carbocycles. The lowest BCUT2D eigenvalue weighted by Crippen LogP contribution is -2.22. The number of aromatic nitrogens is 1. The van der Waals surface area contributed by atoms with Gasteiger partial charge in [0.15, 0.2) is 0 Å². The van der Waals surface area contributed by atoms with Gasteiger partial charge in [-0.15, -0.1) is 11.3 Å². The molecule has 3 nitrogen and oxygen atoms in total. The number of thiazole rings is 1. The van der Waals surface area contributed by atoms with Crippen LogP contribution in [0.15, 0.2) is 24.3 Å². The molecule has 1 aromatic heterocycles. The van der Waals surface area contributed by atoms with Gasteiger partial charge in [0.2, 0.25) is 0 Å². The van der Waals surface area contributed by atoms with Crippen molar-refractivity contribution in [3.8, 4) is 5.75 Å². The summed E-state index contributed by atoms with van der Waals surface area (Å²) in [6.45, 7) is 7.17. The third kappa shape index (κ3) is 2.96. The minimum Gasteiger partial charge on any atom is -0.496 e. The molecule has 1 unspecified atom stereocenters. The predicted octanol–water partition coefficient (Wildman–Crippen LogP) is 3.47. The number of methoxy groups -OCH3 is 1. The molecule has 102 valence electrons. The standard InChI is InChI=1S/C15H20N2OS/c1-5-16-14(15-17-10(2)11(3)19-15)12-8-6-7-9-13(12)18-4/h6-9,14,16H,5H2,1-4H3. The van der Waals surface area contributed by atoms with Gasteiger partial charge in [0.05, 0.1) is 18.8 Å². The van der Waals surface area contributed by atoms with Crippen LogP contribution in [0.5, 0.6) is 5.75 Å². The van der Waals surface area contributed by atoms with Crippen LogP contribution in [-0.2, 0) is 0 Å². The van der Waals surface area contributed by atoms with Crippen molar-refractivity contribution < 1.29 is 4.74 Å². The first-order chi connectivity index (χ1) is 9.17. The van der Waals surface area contributed by atoms with Crippen LogP contribution < -0.4 is 10.1 Å². The quantitative estimate of drug-likeness (QED) is 0.908. The zero-order valence-corrected chi connectivity index (χ0v) is 12.7. The van der Waals surface area contributed by atoms with E-state index in [1.807, 2.05) is 18.2 Å². The first kappa shape index (κ1) is 14.0. The van der Waals surface area contributed by atoms with Gasteiger partial charge in [-0.3, -0.25) is 0 Å². The van der Waals surface area contributed by atoms with Crippen LogP contribution in [0.3, 0.4) is 0 Å². The van der Waals surface area contributed by atoms with E-state index < -0.39 is 0 Å². The van der Waals surface area contributed by atoms with E-state index in [1.54, 1.807) is 18.4 Å². The Morgan fingerprint density at radius 1 is 1.32 bits per heavy atom. The molecule has 0 amide bonds. The predicted molar refractivity (Wildman–Crippen MR) is 80.1 cm³/mol. The van der Waals surface area contributed by atoms with Crippen molar-refractivity contribution in [2.45, 2.75) is 26.8 Å². The second kappa shape index (κ2) is 6.17. The van der Waals surface area contributed by atoms with Crippen LogP contribution in [0.1, 0.15) is 34.1 Å². The first-order valence-electron chi connectivity index (χ1n) is 6.47. The van der Waals surface area contributed by atoms with E-state index in [9.17, 15) is 0 Å². The van der Waals surface area contributed by atoms with Gasteiger partial charge >= 0.3 is 0 Å². The maximum absolute atomic E-state index is 5.47. The molecule has 1 aromatic carbocycles. The number of rotatable bonds is 5. The molecule has 2 aromatic rings. The second-order valence-electron chi connectivity index (χ2n) is 4.43. The van der Waals surface area contributed by atoms with E-state index in [2.05, 4.69) is 37.1 Å². The summed E-state index contributed by atoms with van der Waals surface area (Å²) in [5, 5.41) is 4.60. The number of hydrogen-bond donors (Lipinski definition) is 1. The molecule has 0 bridgehead atoms. The lowest BCUT2D eigenvalue weighted by atomic mass is 10.1. The van der Waals surface area contributed by atoms with Crippen molar-refractivity contribution in [2.75, 3.05) is 13.7 Å². The smallest absolute Gasteiger partial charge is 0.124 e. The van der Waals surface area contributed by atoms with Gasteiger partial charge in [0.1, 0.15) is 10.8 Å². The summed E-state index contributed by atoms with van der Waals surface area (Å²) in [5.41, 5.74) is 2.25. The summed E-state index contributed by atoms with van der Waals surface area (Å²) in [6, 6.07) is 8.21. The number of hydrogen-bond acceptors (Lipinski definition) is 4. The molecule has 4 heteroatoms. The normalized spacial score (nSPS) is 12.4. The average Bonchev–Trinajstić information content (AvgIpc) is 2.76. The van der Waals surface area contributed by atoms with Crippen molar-refractivity contribution in [3.63, 3.8) is 0 Å². The second-order valence-corrected chi connectivity index (χ2v) is 5.66. The highest BCUT2D eigenvalue weighted by Gasteiger charge is 2.20. The summed E-state index contributed by atoms with van der Waals surface area (Å²) in [5.74, 6) is 0.902. The third-order valence-corrected chi connectivity index (χ3v) is 4.29. The Hall–Kier alpha value is -1.39. The summed E-state index contributed by atoms with van der Waals surface area (Å²) in [6.07, 6.45) is 0. The van der Waals surface area contributed by atoms with Crippen molar-refractivity contribution >= 4 is 11.3 Å². The van der Waals surface area contributed by atoms with Crippen molar-refractivity contribution in [1.82, 2.24) is 10.3 Å². The molecule has 0 aliphatic carbocycles. The van der Waals surface area contributed by atoms with Crippen LogP contribution in [0, 0.1) is 13.8 Å². The minimum atomic E-state index is 0.0959. The number of benzene rings is 1. The van der Waals surface area contributed by atoms with Crippen molar-refractivity contribution in [1.29, 1.82) is 0 Å². The lowest BCUT2D eigenvalue weighted by Gasteiger charge is -2.18. The number of para-hydroxylation sites is 1. The van der Waals surface area contributed by atoms with Crippen LogP contribution in [0.25, 0.3) is 0 Å². The summed E-state index contributed by atoms with van der Waals surface area (Å²) >= 11 is 1.75. The van der Waals surface area contributed by atoms with Crippen LogP contribution >= 0.6 is 11.3 Å². The van der Waals surface area contributed by atoms with Gasteiger partial charge in [0.25, 0.3) is 0 Å². The molecule has 2 rings (SSSR count). The number of aryl methyl sites for hydroxylation is 2. The minimum absolute atomic E-state index is 0.0959. The lowest BCUT2D eigenvalue weighted by molar-refractivity contribution is 0.404. The van der Waals surface area contributed by atoms with Crippen LogP contribution in [0.2, 0.25) is 0 Å². The number of nitrogens with zero attached hydrogens (tertiary/aromatic N) is 1. The first-order valence-corrected chi connectivity index (χ1v) is 7.29. The summed E-state index contributed by atoms with van der Waals surface area (Å²) < 4.78 is 5.47. The van der Waals surface area contributed by atoms with Crippen molar-refractivity contribution in [3.05, 3.63) is 45.4 Å². The van der Waals surface area contributed by atoms with Gasteiger partial charge in [-0.2, -0.15) is 0 Å². The average molecular weight is 276 g/mol. The third-order valence-electron chi connectivity index (χ3n) is 3.15. The largest absolute Gasteiger partial charge is 0.496 e. The summed E-state index contributed by atoms with van der Waals surface area (Å²) in [7, 11) is 1.71. The van der Waals surface area contributed by atoms with E-state index >= 15 is 0 Å². The fourth-order valence-corrected chi connectivity index (χ4v) is 3.08. The van der Waals surface area contributed by atoms with E-state index in [0.717, 1.165) is 28.6 Å². The fourth-order valence-electron chi connectivity index (χ4n) is 2.06. The SMILES string of the molecule is CCNC(c1nc(C)c(C)s1)c1ccccc1OC. The molecule has 1 N–H and O–H groups in total. The monoisotopic (exact) mass is 276 g/mol. The van der Waals surface area contributed by atoms with E-state index in [0.29, 0.717) is 0 Å². The topological polar surface area (TPSA) is 34.2 Å². The van der Waals surface area contributed by atoms with E-state index in [1.165, 1.54) is 4.88 Å². The van der Waals surface area contributed by atoms with Gasteiger partial charge in [-0.25, -0.2) is 4.98 Å². The number of ether oxygens (including phenoxy) is 1. The Kier molecular flexibility index (Phi) is 4.56. The Morgan fingerprint density at radius 3 is 2.63 bits per heavy atom. The van der Waals surface area contributed by atoms with Crippen LogP contribution in [-0.4, -0.2) is 18.6 Å². The Labute approximate surface area is 118 Å². The summed E-state index contributed by atoms with van der Waals surface area (Å²) in [4.78, 5) is 5.95. The Balaban J connectivity index is 2.44. The van der Waals surface area contributed by atoms with Crippen molar-refractivity contribution in [2.24, 2.45) is 0 Å². The molecule has 19 heavy (non-hydrogen) atoms. The highest BCUT2D eigenvalue weighted by Crippen LogP contribution is 2.32. The van der Waals surface area contributed by atoms with E-state index in [-0.39, 0.29) is 6.04 Å². The highest BCUT2D eigenvalue weighted by molar-refractivity contribution is 7.11. The molecular formula is C15H20N2OS. The molecule has 0 saturated heterocycles. The molecule has 0 spiro atoms. The molecule has 0 fully saturated rings. The van der Waals surface area contributed by atoms with Gasteiger partial charge in [-0.05, 0) is 26.5 Å². The Morgan fingerprint density at radius 2 is 2.05 bits per heavy atom. The zero-order valence-electron chi connectivity index (χ0n) is 11.9. The maximum Gasteiger partial charge on any atom is 0.124 e. The van der Waals surface area contributed by atoms with Gasteiger partial charge in [-0.1, -0.05) is 25.1 Å². The zero-order chi connectivity index (χ0) is 13.8. The van der Waals surface area contributed by atoms with Gasteiger partial charge in [0, 0.05) is 10.4 Å². The molecular weight excluding hydrogens is 256 g/mol. The molecule has 0 aliphatic heterocycles. The Bertz CT molecular complexity index is 531. The number of nitrogens with one attached hydrogen (secondary N) is 1. The molecule has 0 aliphatic rings. The fraction of sp³-hybridized carbons (Fsp3) is 0.400. The molecule has 1 heterocycles. The van der Waals surface area contributed by atoms with Crippen LogP contribution in [0.4, 0.5) is 0 Å².